The van der Waals surface area contributed by atoms with Crippen LogP contribution >= 0.6 is 0 Å². The zero-order valence-corrected chi connectivity index (χ0v) is 14.2. The van der Waals surface area contributed by atoms with Gasteiger partial charge >= 0.3 is 0 Å². The molecule has 5 nitrogen and oxygen atoms in total. The summed E-state index contributed by atoms with van der Waals surface area (Å²) in [5, 5.41) is 2.87. The third kappa shape index (κ3) is 4.47. The van der Waals surface area contributed by atoms with Gasteiger partial charge in [-0.1, -0.05) is 6.07 Å². The van der Waals surface area contributed by atoms with E-state index in [9.17, 15) is 13.2 Å². The Morgan fingerprint density at radius 1 is 1.41 bits per heavy atom. The molecule has 0 unspecified atom stereocenters. The first-order valence-corrected chi connectivity index (χ1v) is 9.42. The first-order valence-electron chi connectivity index (χ1n) is 7.60. The zero-order valence-electron chi connectivity index (χ0n) is 13.4. The third-order valence-electron chi connectivity index (χ3n) is 4.11. The molecule has 1 aliphatic rings. The number of rotatable bonds is 5. The second-order valence-electron chi connectivity index (χ2n) is 6.28. The van der Waals surface area contributed by atoms with E-state index < -0.39 is 9.84 Å². The number of nitrogens with one attached hydrogen (secondary N) is 1. The summed E-state index contributed by atoms with van der Waals surface area (Å²) in [6.07, 6.45) is 0.857. The fourth-order valence-electron chi connectivity index (χ4n) is 2.61. The van der Waals surface area contributed by atoms with Crippen molar-refractivity contribution in [2.24, 2.45) is 5.92 Å². The monoisotopic (exact) mass is 324 g/mol. The topological polar surface area (TPSA) is 66.5 Å². The average Bonchev–Trinajstić information content (AvgIpc) is 2.77. The molecular formula is C16H24N2O3S. The normalized spacial score (nSPS) is 20.1. The summed E-state index contributed by atoms with van der Waals surface area (Å²) in [7, 11) is -0.919. The van der Waals surface area contributed by atoms with Crippen molar-refractivity contribution < 1.29 is 13.2 Å². The van der Waals surface area contributed by atoms with Crippen molar-refractivity contribution in [2.45, 2.75) is 32.7 Å². The van der Waals surface area contributed by atoms with Gasteiger partial charge in [0.05, 0.1) is 11.5 Å². The Hall–Kier alpha value is -1.56. The molecule has 0 aromatic heterocycles. The van der Waals surface area contributed by atoms with Crippen LogP contribution in [0.15, 0.2) is 24.3 Å². The minimum atomic E-state index is -2.93. The molecule has 1 amide bonds. The van der Waals surface area contributed by atoms with Crippen molar-refractivity contribution in [2.75, 3.05) is 28.8 Å². The Morgan fingerprint density at radius 3 is 2.73 bits per heavy atom. The van der Waals surface area contributed by atoms with Crippen LogP contribution in [0.25, 0.3) is 0 Å². The van der Waals surface area contributed by atoms with Crippen LogP contribution in [0.5, 0.6) is 0 Å². The van der Waals surface area contributed by atoms with E-state index in [4.69, 9.17) is 0 Å². The molecule has 0 spiro atoms. The first-order chi connectivity index (χ1) is 10.3. The molecule has 2 rings (SSSR count). The van der Waals surface area contributed by atoms with Gasteiger partial charge in [0, 0.05) is 30.9 Å². The number of carbonyl (C=O) groups excluding carboxylic acids is 1. The van der Waals surface area contributed by atoms with Gasteiger partial charge in [-0.25, -0.2) is 8.42 Å². The molecule has 6 heteroatoms. The number of nitrogens with zero attached hydrogens (tertiary/aromatic N) is 1. The van der Waals surface area contributed by atoms with Crippen molar-refractivity contribution in [3.63, 3.8) is 0 Å². The van der Waals surface area contributed by atoms with E-state index in [1.807, 2.05) is 31.3 Å². The molecule has 0 aliphatic carbocycles. The molecule has 1 N–H and O–H groups in total. The van der Waals surface area contributed by atoms with E-state index in [0.717, 1.165) is 11.4 Å². The summed E-state index contributed by atoms with van der Waals surface area (Å²) in [5.41, 5.74) is 1.78. The number of carbonyl (C=O) groups is 1. The summed E-state index contributed by atoms with van der Waals surface area (Å²) in [5.74, 6) is 0.175. The molecule has 122 valence electrons. The van der Waals surface area contributed by atoms with E-state index in [1.165, 1.54) is 0 Å². The highest BCUT2D eigenvalue weighted by Gasteiger charge is 2.29. The fraction of sp³-hybridized carbons (Fsp3) is 0.562. The van der Waals surface area contributed by atoms with Gasteiger partial charge in [0.25, 0.3) is 0 Å². The molecule has 1 saturated heterocycles. The highest BCUT2D eigenvalue weighted by Crippen LogP contribution is 2.23. The van der Waals surface area contributed by atoms with E-state index >= 15 is 0 Å². The van der Waals surface area contributed by atoms with Gasteiger partial charge in [-0.05, 0) is 44.4 Å². The fourth-order valence-corrected chi connectivity index (χ4v) is 4.47. The summed E-state index contributed by atoms with van der Waals surface area (Å²) < 4.78 is 22.9. The van der Waals surface area contributed by atoms with E-state index in [2.05, 4.69) is 24.1 Å². The first kappa shape index (κ1) is 16.8. The molecule has 22 heavy (non-hydrogen) atoms. The van der Waals surface area contributed by atoms with Crippen LogP contribution in [0.2, 0.25) is 0 Å². The zero-order chi connectivity index (χ0) is 16.3. The average molecular weight is 324 g/mol. The number of sulfone groups is 1. The maximum absolute atomic E-state index is 12.1. The van der Waals surface area contributed by atoms with Gasteiger partial charge in [0.1, 0.15) is 0 Å². The van der Waals surface area contributed by atoms with Crippen LogP contribution in [0.4, 0.5) is 11.4 Å². The van der Waals surface area contributed by atoms with Gasteiger partial charge in [-0.2, -0.15) is 0 Å². The maximum Gasteiger partial charge on any atom is 0.224 e. The number of amides is 1. The van der Waals surface area contributed by atoms with Gasteiger partial charge in [0.2, 0.25) is 5.91 Å². The van der Waals surface area contributed by atoms with Crippen molar-refractivity contribution in [3.8, 4) is 0 Å². The minimum Gasteiger partial charge on any atom is -0.372 e. The molecule has 1 atom stereocenters. The van der Waals surface area contributed by atoms with Crippen molar-refractivity contribution in [1.29, 1.82) is 0 Å². The number of benzene rings is 1. The quantitative estimate of drug-likeness (QED) is 0.902. The lowest BCUT2D eigenvalue weighted by molar-refractivity contribution is -0.116. The maximum atomic E-state index is 12.1. The molecule has 1 heterocycles. The Kier molecular flexibility index (Phi) is 5.11. The Balaban J connectivity index is 1.96. The van der Waals surface area contributed by atoms with Gasteiger partial charge in [0.15, 0.2) is 9.84 Å². The van der Waals surface area contributed by atoms with Crippen LogP contribution in [-0.2, 0) is 14.6 Å². The highest BCUT2D eigenvalue weighted by atomic mass is 32.2. The van der Waals surface area contributed by atoms with Gasteiger partial charge < -0.3 is 10.2 Å². The van der Waals surface area contributed by atoms with Crippen molar-refractivity contribution in [3.05, 3.63) is 24.3 Å². The smallest absolute Gasteiger partial charge is 0.224 e. The van der Waals surface area contributed by atoms with Crippen LogP contribution in [-0.4, -0.2) is 38.9 Å². The SMILES string of the molecule is CC(C)N(C)c1cccc(NC(=O)C[C@@H]2CCS(=O)(=O)C2)c1. The van der Waals surface area contributed by atoms with Gasteiger partial charge in [-0.15, -0.1) is 0 Å². The minimum absolute atomic E-state index is 0.0495. The van der Waals surface area contributed by atoms with E-state index in [0.29, 0.717) is 12.5 Å². The molecular weight excluding hydrogens is 300 g/mol. The molecule has 1 fully saturated rings. The molecule has 1 aromatic carbocycles. The Bertz CT molecular complexity index is 641. The highest BCUT2D eigenvalue weighted by molar-refractivity contribution is 7.91. The van der Waals surface area contributed by atoms with E-state index in [1.54, 1.807) is 0 Å². The second-order valence-corrected chi connectivity index (χ2v) is 8.51. The van der Waals surface area contributed by atoms with E-state index in [-0.39, 0.29) is 29.8 Å². The molecule has 0 radical (unpaired) electrons. The molecule has 1 aromatic rings. The molecule has 0 bridgehead atoms. The Morgan fingerprint density at radius 2 is 2.14 bits per heavy atom. The summed E-state index contributed by atoms with van der Waals surface area (Å²) in [6.45, 7) is 4.21. The van der Waals surface area contributed by atoms with Crippen LogP contribution < -0.4 is 10.2 Å². The Labute approximate surface area is 132 Å². The van der Waals surface area contributed by atoms with Crippen molar-refractivity contribution in [1.82, 2.24) is 0 Å². The third-order valence-corrected chi connectivity index (χ3v) is 5.95. The lowest BCUT2D eigenvalue weighted by Crippen LogP contribution is -2.25. The number of hydrogen-bond acceptors (Lipinski definition) is 4. The summed E-state index contributed by atoms with van der Waals surface area (Å²) in [4.78, 5) is 14.2. The lowest BCUT2D eigenvalue weighted by Gasteiger charge is -2.24. The lowest BCUT2D eigenvalue weighted by atomic mass is 10.0. The van der Waals surface area contributed by atoms with Crippen LogP contribution in [0.1, 0.15) is 26.7 Å². The number of hydrogen-bond donors (Lipinski definition) is 1. The second kappa shape index (κ2) is 6.69. The standard InChI is InChI=1S/C16H24N2O3S/c1-12(2)18(3)15-6-4-5-14(10-15)17-16(19)9-13-7-8-22(20,21)11-13/h4-6,10,12-13H,7-9,11H2,1-3H3,(H,17,19)/t13-/m0/s1. The predicted octanol–water partition coefficient (Wildman–Crippen LogP) is 2.29. The van der Waals surface area contributed by atoms with Gasteiger partial charge in [-0.3, -0.25) is 4.79 Å². The van der Waals surface area contributed by atoms with Crippen LogP contribution in [0, 0.1) is 5.92 Å². The van der Waals surface area contributed by atoms with Crippen molar-refractivity contribution >= 4 is 27.1 Å². The summed E-state index contributed by atoms with van der Waals surface area (Å²) in [6, 6.07) is 8.06. The summed E-state index contributed by atoms with van der Waals surface area (Å²) >= 11 is 0. The van der Waals surface area contributed by atoms with Crippen LogP contribution in [0.3, 0.4) is 0 Å². The number of anilines is 2. The molecule has 1 aliphatic heterocycles. The molecule has 0 saturated carbocycles. The largest absolute Gasteiger partial charge is 0.372 e. The predicted molar refractivity (Wildman–Crippen MR) is 90.0 cm³/mol.